The molecule has 2 fully saturated rings. The van der Waals surface area contributed by atoms with E-state index in [1.807, 2.05) is 23.1 Å². The fourth-order valence-corrected chi connectivity index (χ4v) is 4.55. The number of amides is 2. The van der Waals surface area contributed by atoms with E-state index in [0.717, 1.165) is 32.2 Å². The third kappa shape index (κ3) is 3.63. The van der Waals surface area contributed by atoms with E-state index in [-0.39, 0.29) is 23.8 Å². The van der Waals surface area contributed by atoms with E-state index in [9.17, 15) is 9.59 Å². The number of nitrogens with one attached hydrogen (secondary N) is 1. The lowest BCUT2D eigenvalue weighted by Crippen LogP contribution is -2.42. The molecule has 0 unspecified atom stereocenters. The second kappa shape index (κ2) is 7.03. The van der Waals surface area contributed by atoms with Crippen LogP contribution < -0.4 is 5.32 Å². The van der Waals surface area contributed by atoms with Crippen molar-refractivity contribution in [3.63, 3.8) is 0 Å². The molecule has 0 aromatic heterocycles. The van der Waals surface area contributed by atoms with Crippen molar-refractivity contribution in [1.82, 2.24) is 10.2 Å². The number of aryl methyl sites for hydroxylation is 1. The van der Waals surface area contributed by atoms with Gasteiger partial charge in [-0.3, -0.25) is 9.59 Å². The van der Waals surface area contributed by atoms with Gasteiger partial charge in [0.05, 0.1) is 0 Å². The number of allylic oxidation sites excluding steroid dienone is 2. The number of rotatable bonds is 5. The lowest BCUT2D eigenvalue weighted by Gasteiger charge is -2.21. The topological polar surface area (TPSA) is 49.4 Å². The largest absolute Gasteiger partial charge is 0.351 e. The second-order valence-electron chi connectivity index (χ2n) is 7.71. The highest BCUT2D eigenvalue weighted by Crippen LogP contribution is 2.43. The maximum Gasteiger partial charge on any atom is 0.224 e. The Morgan fingerprint density at radius 1 is 1.12 bits per heavy atom. The van der Waals surface area contributed by atoms with Crippen LogP contribution in [0.25, 0.3) is 0 Å². The molecule has 132 valence electrons. The zero-order chi connectivity index (χ0) is 17.2. The molecule has 0 radical (unpaired) electrons. The molecule has 2 aliphatic carbocycles. The summed E-state index contributed by atoms with van der Waals surface area (Å²) in [5.74, 6) is 1.59. The number of likely N-dealkylation sites (tertiary alicyclic amines) is 1. The van der Waals surface area contributed by atoms with Gasteiger partial charge in [0.25, 0.3) is 0 Å². The van der Waals surface area contributed by atoms with Crippen LogP contribution in [0.1, 0.15) is 31.2 Å². The van der Waals surface area contributed by atoms with Crippen LogP contribution in [0.5, 0.6) is 0 Å². The molecule has 1 saturated heterocycles. The summed E-state index contributed by atoms with van der Waals surface area (Å²) in [6.45, 7) is 1.42. The summed E-state index contributed by atoms with van der Waals surface area (Å²) in [6.07, 6.45) is 8.82. The van der Waals surface area contributed by atoms with E-state index >= 15 is 0 Å². The Morgan fingerprint density at radius 3 is 2.68 bits per heavy atom. The third-order valence-corrected chi connectivity index (χ3v) is 5.97. The molecule has 1 saturated carbocycles. The Morgan fingerprint density at radius 2 is 1.96 bits per heavy atom. The Bertz CT molecular complexity index is 670. The summed E-state index contributed by atoms with van der Waals surface area (Å²) in [5.41, 5.74) is 1.20. The van der Waals surface area contributed by atoms with E-state index in [1.54, 1.807) is 0 Å². The van der Waals surface area contributed by atoms with Crippen LogP contribution in [0.3, 0.4) is 0 Å². The van der Waals surface area contributed by atoms with Crippen LogP contribution in [0.15, 0.2) is 42.5 Å². The first-order chi connectivity index (χ1) is 12.2. The van der Waals surface area contributed by atoms with Crippen molar-refractivity contribution < 1.29 is 9.59 Å². The van der Waals surface area contributed by atoms with Gasteiger partial charge in [-0.15, -0.1) is 0 Å². The highest BCUT2D eigenvalue weighted by Gasteiger charge is 2.40. The van der Waals surface area contributed by atoms with Gasteiger partial charge in [0.2, 0.25) is 11.8 Å². The lowest BCUT2D eigenvalue weighted by molar-refractivity contribution is -0.131. The fourth-order valence-electron chi connectivity index (χ4n) is 4.55. The SMILES string of the molecule is O=C(N[C@H]1CCN(C(=O)CCc2ccccc2)C1)[C@@H]1C[C@H]2C=C[C@H]1C2. The lowest BCUT2D eigenvalue weighted by atomic mass is 9.92. The Labute approximate surface area is 149 Å². The van der Waals surface area contributed by atoms with Gasteiger partial charge < -0.3 is 10.2 Å². The van der Waals surface area contributed by atoms with Gasteiger partial charge in [0.1, 0.15) is 0 Å². The average Bonchev–Trinajstić information content (AvgIpc) is 3.37. The van der Waals surface area contributed by atoms with Crippen molar-refractivity contribution in [2.24, 2.45) is 17.8 Å². The van der Waals surface area contributed by atoms with E-state index in [1.165, 1.54) is 5.56 Å². The fraction of sp³-hybridized carbons (Fsp3) is 0.524. The third-order valence-electron chi connectivity index (χ3n) is 5.97. The van der Waals surface area contributed by atoms with Crippen LogP contribution in [0.4, 0.5) is 0 Å². The van der Waals surface area contributed by atoms with Crippen molar-refractivity contribution in [2.45, 2.75) is 38.1 Å². The minimum atomic E-state index is 0.122. The number of nitrogens with zero attached hydrogens (tertiary/aromatic N) is 1. The summed E-state index contributed by atoms with van der Waals surface area (Å²) in [5, 5.41) is 3.20. The minimum Gasteiger partial charge on any atom is -0.351 e. The molecule has 1 N–H and O–H groups in total. The molecule has 2 amide bonds. The maximum atomic E-state index is 12.5. The smallest absolute Gasteiger partial charge is 0.224 e. The predicted octanol–water partition coefficient (Wildman–Crippen LogP) is 2.55. The summed E-state index contributed by atoms with van der Waals surface area (Å²) in [4.78, 5) is 26.9. The molecule has 0 spiro atoms. The Hall–Kier alpha value is -2.10. The highest BCUT2D eigenvalue weighted by molar-refractivity contribution is 5.81. The first-order valence-corrected chi connectivity index (χ1v) is 9.49. The van der Waals surface area contributed by atoms with E-state index in [4.69, 9.17) is 0 Å². The average molecular weight is 338 g/mol. The van der Waals surface area contributed by atoms with Gasteiger partial charge in [-0.05, 0) is 43.1 Å². The van der Waals surface area contributed by atoms with Crippen molar-refractivity contribution in [2.75, 3.05) is 13.1 Å². The molecule has 1 aliphatic heterocycles. The van der Waals surface area contributed by atoms with Crippen molar-refractivity contribution in [3.05, 3.63) is 48.0 Å². The van der Waals surface area contributed by atoms with Crippen LogP contribution in [0, 0.1) is 17.8 Å². The van der Waals surface area contributed by atoms with Gasteiger partial charge in [-0.2, -0.15) is 0 Å². The van der Waals surface area contributed by atoms with Crippen molar-refractivity contribution in [1.29, 1.82) is 0 Å². The Kier molecular flexibility index (Phi) is 4.60. The zero-order valence-electron chi connectivity index (χ0n) is 14.6. The summed E-state index contributed by atoms with van der Waals surface area (Å²) < 4.78 is 0. The van der Waals surface area contributed by atoms with Crippen LogP contribution in [0.2, 0.25) is 0 Å². The monoisotopic (exact) mass is 338 g/mol. The summed E-state index contributed by atoms with van der Waals surface area (Å²) in [6, 6.07) is 10.2. The predicted molar refractivity (Wildman–Crippen MR) is 96.7 cm³/mol. The van der Waals surface area contributed by atoms with Crippen molar-refractivity contribution >= 4 is 11.8 Å². The molecule has 1 heterocycles. The molecule has 2 bridgehead atoms. The first kappa shape index (κ1) is 16.4. The van der Waals surface area contributed by atoms with Crippen LogP contribution in [-0.4, -0.2) is 35.8 Å². The van der Waals surface area contributed by atoms with E-state index in [2.05, 4.69) is 29.6 Å². The number of fused-ring (bicyclic) bond motifs is 2. The molecular formula is C21H26N2O2. The summed E-state index contributed by atoms with van der Waals surface area (Å²) in [7, 11) is 0. The van der Waals surface area contributed by atoms with Crippen LogP contribution >= 0.6 is 0 Å². The quantitative estimate of drug-likeness (QED) is 0.839. The molecular weight excluding hydrogens is 312 g/mol. The zero-order valence-corrected chi connectivity index (χ0v) is 14.6. The van der Waals surface area contributed by atoms with Gasteiger partial charge >= 0.3 is 0 Å². The minimum absolute atomic E-state index is 0.122. The van der Waals surface area contributed by atoms with Crippen molar-refractivity contribution in [3.8, 4) is 0 Å². The first-order valence-electron chi connectivity index (χ1n) is 9.49. The highest BCUT2D eigenvalue weighted by atomic mass is 16.2. The summed E-state index contributed by atoms with van der Waals surface area (Å²) >= 11 is 0. The Balaban J connectivity index is 1.23. The number of carbonyl (C=O) groups is 2. The molecule has 1 aromatic rings. The molecule has 4 nitrogen and oxygen atoms in total. The molecule has 3 aliphatic rings. The normalized spacial score (nSPS) is 30.0. The molecule has 25 heavy (non-hydrogen) atoms. The van der Waals surface area contributed by atoms with Crippen LogP contribution in [-0.2, 0) is 16.0 Å². The maximum absolute atomic E-state index is 12.5. The van der Waals surface area contributed by atoms with Gasteiger partial charge in [0, 0.05) is 31.5 Å². The molecule has 1 aromatic carbocycles. The standard InChI is InChI=1S/C21H26N2O2/c24-20(9-7-15-4-2-1-3-5-15)23-11-10-18(14-23)22-21(25)19-13-16-6-8-17(19)12-16/h1-6,8,16-19H,7,9-14H2,(H,22,25)/t16-,17-,18-,19+/m0/s1. The van der Waals surface area contributed by atoms with Gasteiger partial charge in [0.15, 0.2) is 0 Å². The molecule has 4 rings (SSSR count). The molecule has 4 heteroatoms. The second-order valence-corrected chi connectivity index (χ2v) is 7.71. The number of hydrogen-bond donors (Lipinski definition) is 1. The van der Waals surface area contributed by atoms with Gasteiger partial charge in [-0.25, -0.2) is 0 Å². The number of hydrogen-bond acceptors (Lipinski definition) is 2. The van der Waals surface area contributed by atoms with E-state index < -0.39 is 0 Å². The van der Waals surface area contributed by atoms with E-state index in [0.29, 0.717) is 24.8 Å². The van der Waals surface area contributed by atoms with Gasteiger partial charge in [-0.1, -0.05) is 42.5 Å². The molecule has 4 atom stereocenters. The number of carbonyl (C=O) groups excluding carboxylic acids is 2. The number of benzene rings is 1.